The molecule has 1 unspecified atom stereocenters. The molecule has 0 amide bonds. The Kier molecular flexibility index (Phi) is 7.38. The van der Waals surface area contributed by atoms with Gasteiger partial charge in [0.15, 0.2) is 0 Å². The Morgan fingerprint density at radius 1 is 1.00 bits per heavy atom. The van der Waals surface area contributed by atoms with Crippen LogP contribution >= 0.6 is 23.2 Å². The molecular formula is C28H20Cl2N4O7S. The molecule has 5 rings (SSSR count). The lowest BCUT2D eigenvalue weighted by atomic mass is 9.81. The van der Waals surface area contributed by atoms with Crippen LogP contribution in [0.15, 0.2) is 82.2 Å². The molecule has 0 saturated carbocycles. The van der Waals surface area contributed by atoms with Crippen LogP contribution in [-0.4, -0.2) is 44.1 Å². The number of halogens is 2. The van der Waals surface area contributed by atoms with Crippen molar-refractivity contribution in [3.63, 3.8) is 0 Å². The molecule has 4 N–H and O–H groups in total. The zero-order valence-corrected chi connectivity index (χ0v) is 24.1. The summed E-state index contributed by atoms with van der Waals surface area (Å²) in [4.78, 5) is 30.4. The number of hydrogen-bond donors (Lipinski definition) is 3. The van der Waals surface area contributed by atoms with Crippen LogP contribution in [-0.2, 0) is 29.2 Å². The van der Waals surface area contributed by atoms with Crippen molar-refractivity contribution in [1.82, 2.24) is 4.98 Å². The minimum Gasteiger partial charge on any atom is -0.466 e. The van der Waals surface area contributed by atoms with Crippen molar-refractivity contribution in [2.24, 2.45) is 5.73 Å². The largest absolute Gasteiger partial charge is 0.466 e. The number of nitrogens with two attached hydrogens (primary N) is 1. The van der Waals surface area contributed by atoms with Crippen LogP contribution < -0.4 is 10.6 Å². The van der Waals surface area contributed by atoms with Crippen LogP contribution in [0.1, 0.15) is 11.5 Å². The summed E-state index contributed by atoms with van der Waals surface area (Å²) in [5, 5.41) is 11.0. The zero-order valence-electron chi connectivity index (χ0n) is 21.8. The molecule has 2 heterocycles. The van der Waals surface area contributed by atoms with Crippen LogP contribution in [0.25, 0.3) is 21.8 Å². The number of rotatable bonds is 5. The molecule has 0 aliphatic carbocycles. The van der Waals surface area contributed by atoms with E-state index in [0.717, 1.165) is 25.2 Å². The fraction of sp³-hybridized carbons (Fsp3) is 0.107. The van der Waals surface area contributed by atoms with Crippen LogP contribution in [0.3, 0.4) is 0 Å². The minimum absolute atomic E-state index is 0.00975. The van der Waals surface area contributed by atoms with Gasteiger partial charge in [-0.1, -0.05) is 53.5 Å². The van der Waals surface area contributed by atoms with Gasteiger partial charge in [0.25, 0.3) is 10.1 Å². The van der Waals surface area contributed by atoms with Gasteiger partial charge in [-0.3, -0.25) is 9.45 Å². The number of ether oxygens (including phenoxy) is 2. The first-order valence-corrected chi connectivity index (χ1v) is 14.2. The number of methoxy groups -OCH3 is 2. The fourth-order valence-corrected chi connectivity index (χ4v) is 6.32. The molecule has 0 bridgehead atoms. The Labute approximate surface area is 249 Å². The number of hydrogen-bond acceptors (Lipinski definition) is 9. The lowest BCUT2D eigenvalue weighted by Crippen LogP contribution is -2.40. The summed E-state index contributed by atoms with van der Waals surface area (Å²) >= 11 is 12.7. The van der Waals surface area contributed by atoms with Crippen molar-refractivity contribution >= 4 is 72.8 Å². The third kappa shape index (κ3) is 4.62. The van der Waals surface area contributed by atoms with Gasteiger partial charge in [-0.15, -0.1) is 0 Å². The van der Waals surface area contributed by atoms with Gasteiger partial charge in [0, 0.05) is 20.8 Å². The number of aromatic nitrogens is 1. The number of esters is 2. The number of carbonyl (C=O) groups is 2. The molecular weight excluding hydrogens is 607 g/mol. The van der Waals surface area contributed by atoms with Crippen molar-refractivity contribution in [2.45, 2.75) is 10.8 Å². The lowest BCUT2D eigenvalue weighted by molar-refractivity contribution is -0.139. The Morgan fingerprint density at radius 2 is 1.60 bits per heavy atom. The standard InChI is InChI=1S/C28H20Cl2N4O7S/c1-40-27(35)22-21(13-6-4-3-5-7-13)18(12-31)26(32)34(25(22)28(36)41-2)19-10-14(29)8-16-17-9-15(30)11-20(42(37,38)39)24(17)33-23(16)19/h3-11,21,33H,32H2,1-2H3,(H,37,38,39). The summed E-state index contributed by atoms with van der Waals surface area (Å²) in [5.74, 6) is -3.24. The second-order valence-corrected chi connectivity index (χ2v) is 11.4. The highest BCUT2D eigenvalue weighted by atomic mass is 35.5. The molecule has 0 spiro atoms. The smallest absolute Gasteiger partial charge is 0.355 e. The topological polar surface area (TPSA) is 176 Å². The van der Waals surface area contributed by atoms with E-state index in [4.69, 9.17) is 38.4 Å². The van der Waals surface area contributed by atoms with Gasteiger partial charge >= 0.3 is 11.9 Å². The van der Waals surface area contributed by atoms with E-state index in [1.54, 1.807) is 30.3 Å². The van der Waals surface area contributed by atoms with Gasteiger partial charge in [0.1, 0.15) is 16.4 Å². The predicted molar refractivity (Wildman–Crippen MR) is 155 cm³/mol. The number of nitrogens with one attached hydrogen (secondary N) is 1. The van der Waals surface area contributed by atoms with E-state index < -0.39 is 32.9 Å². The average Bonchev–Trinajstić information content (AvgIpc) is 3.32. The predicted octanol–water partition coefficient (Wildman–Crippen LogP) is 4.77. The lowest BCUT2D eigenvalue weighted by Gasteiger charge is -2.36. The number of anilines is 1. The molecule has 214 valence electrons. The van der Waals surface area contributed by atoms with Crippen molar-refractivity contribution in [3.8, 4) is 6.07 Å². The minimum atomic E-state index is -4.74. The molecule has 1 aromatic heterocycles. The first-order valence-electron chi connectivity index (χ1n) is 12.0. The van der Waals surface area contributed by atoms with Gasteiger partial charge in [-0.05, 0) is 29.8 Å². The number of aromatic amines is 1. The van der Waals surface area contributed by atoms with E-state index in [1.807, 2.05) is 0 Å². The molecule has 42 heavy (non-hydrogen) atoms. The third-order valence-electron chi connectivity index (χ3n) is 6.82. The van der Waals surface area contributed by atoms with Crippen LogP contribution in [0, 0.1) is 11.3 Å². The summed E-state index contributed by atoms with van der Waals surface area (Å²) < 4.78 is 44.5. The van der Waals surface area contributed by atoms with Crippen molar-refractivity contribution in [3.05, 3.63) is 92.9 Å². The number of fused-ring (bicyclic) bond motifs is 3. The molecule has 0 fully saturated rings. The van der Waals surface area contributed by atoms with E-state index in [1.165, 1.54) is 18.2 Å². The van der Waals surface area contributed by atoms with Crippen LogP contribution in [0.4, 0.5) is 5.69 Å². The molecule has 1 aliphatic rings. The highest BCUT2D eigenvalue weighted by Gasteiger charge is 2.43. The second-order valence-electron chi connectivity index (χ2n) is 9.11. The summed E-state index contributed by atoms with van der Waals surface area (Å²) in [7, 11) is -2.51. The summed E-state index contributed by atoms with van der Waals surface area (Å²) in [6.45, 7) is 0. The van der Waals surface area contributed by atoms with Gasteiger partial charge in [-0.25, -0.2) is 9.59 Å². The maximum atomic E-state index is 13.5. The summed E-state index contributed by atoms with van der Waals surface area (Å²) in [6.07, 6.45) is 0. The molecule has 14 heteroatoms. The van der Waals surface area contributed by atoms with Gasteiger partial charge in [0.2, 0.25) is 0 Å². The quantitative estimate of drug-likeness (QED) is 0.206. The normalized spacial score (nSPS) is 15.7. The first-order chi connectivity index (χ1) is 19.9. The van der Waals surface area contributed by atoms with E-state index >= 15 is 0 Å². The molecule has 0 saturated heterocycles. The average molecular weight is 627 g/mol. The van der Waals surface area contributed by atoms with Crippen molar-refractivity contribution in [2.75, 3.05) is 19.1 Å². The molecule has 11 nitrogen and oxygen atoms in total. The number of benzene rings is 3. The number of carbonyl (C=O) groups excluding carboxylic acids is 2. The molecule has 4 aromatic rings. The molecule has 3 aromatic carbocycles. The Hall–Kier alpha value is -4.54. The molecule has 0 radical (unpaired) electrons. The van der Waals surface area contributed by atoms with Gasteiger partial charge in [-0.2, -0.15) is 13.7 Å². The van der Waals surface area contributed by atoms with E-state index in [2.05, 4.69) is 11.1 Å². The summed E-state index contributed by atoms with van der Waals surface area (Å²) in [5.41, 5.74) is 6.66. The fourth-order valence-electron chi connectivity index (χ4n) is 5.13. The number of allylic oxidation sites excluding steroid dienone is 1. The monoisotopic (exact) mass is 626 g/mol. The highest BCUT2D eigenvalue weighted by molar-refractivity contribution is 7.86. The summed E-state index contributed by atoms with van der Waals surface area (Å²) in [6, 6.07) is 16.0. The number of nitrogens with zero attached hydrogens (tertiary/aromatic N) is 2. The Balaban J connectivity index is 1.95. The number of H-pyrrole nitrogens is 1. The number of nitriles is 1. The zero-order chi connectivity index (χ0) is 30.5. The first kappa shape index (κ1) is 29.0. The van der Waals surface area contributed by atoms with Crippen molar-refractivity contribution < 1.29 is 32.0 Å². The maximum absolute atomic E-state index is 13.5. The SMILES string of the molecule is COC(=O)C1=C(C(=O)OC)N(c2cc(Cl)cc3c2[nH]c2c(S(=O)(=O)O)cc(Cl)cc23)C(N)=C(C#N)C1c1ccccc1. The maximum Gasteiger partial charge on any atom is 0.355 e. The van der Waals surface area contributed by atoms with Gasteiger partial charge in [0.05, 0.1) is 54.1 Å². The van der Waals surface area contributed by atoms with Gasteiger partial charge < -0.3 is 20.2 Å². The van der Waals surface area contributed by atoms with Crippen LogP contribution in [0.2, 0.25) is 10.0 Å². The van der Waals surface area contributed by atoms with Crippen molar-refractivity contribution in [1.29, 1.82) is 5.26 Å². The van der Waals surface area contributed by atoms with E-state index in [0.29, 0.717) is 10.9 Å². The molecule has 1 aliphatic heterocycles. The van der Waals surface area contributed by atoms with E-state index in [9.17, 15) is 27.8 Å². The second kappa shape index (κ2) is 10.7. The van der Waals surface area contributed by atoms with Crippen LogP contribution in [0.5, 0.6) is 0 Å². The van der Waals surface area contributed by atoms with E-state index in [-0.39, 0.29) is 54.8 Å². The molecule has 1 atom stereocenters. The Bertz CT molecular complexity index is 2030. The highest BCUT2D eigenvalue weighted by Crippen LogP contribution is 2.46. The Morgan fingerprint density at radius 3 is 2.17 bits per heavy atom. The third-order valence-corrected chi connectivity index (χ3v) is 8.13.